The van der Waals surface area contributed by atoms with Gasteiger partial charge in [0.25, 0.3) is 0 Å². The van der Waals surface area contributed by atoms with Crippen LogP contribution in [0, 0.1) is 17.4 Å². The minimum absolute atomic E-state index is 0.127. The van der Waals surface area contributed by atoms with Crippen LogP contribution in [-0.2, 0) is 14.3 Å². The maximum Gasteiger partial charge on any atom is 0.230 e. The van der Waals surface area contributed by atoms with Crippen LogP contribution < -0.4 is 5.32 Å². The monoisotopic (exact) mass is 374 g/mol. The van der Waals surface area contributed by atoms with Crippen LogP contribution in [-0.4, -0.2) is 46.7 Å². The number of aromatic nitrogens is 1. The molecule has 1 aromatic rings. The minimum atomic E-state index is -0.979. The largest absolute Gasteiger partial charge is 0.368 e. The third-order valence-corrected chi connectivity index (χ3v) is 4.30. The van der Waals surface area contributed by atoms with Crippen molar-refractivity contribution in [3.05, 3.63) is 11.6 Å². The number of hydrogen-bond donors (Lipinski definition) is 3. The van der Waals surface area contributed by atoms with Crippen molar-refractivity contribution in [1.82, 2.24) is 9.88 Å². The van der Waals surface area contributed by atoms with Crippen LogP contribution >= 0.6 is 0 Å². The third kappa shape index (κ3) is 4.89. The van der Waals surface area contributed by atoms with Gasteiger partial charge in [-0.3, -0.25) is 9.69 Å². The highest BCUT2D eigenvalue weighted by Gasteiger charge is 2.26. The van der Waals surface area contributed by atoms with Gasteiger partial charge >= 0.3 is 0 Å². The van der Waals surface area contributed by atoms with Gasteiger partial charge in [0.15, 0.2) is 12.5 Å². The molecule has 8 nitrogen and oxygen atoms in total. The summed E-state index contributed by atoms with van der Waals surface area (Å²) in [6.07, 6.45) is 3.32. The molecule has 0 aromatic carbocycles. The van der Waals surface area contributed by atoms with Gasteiger partial charge in [-0.25, -0.2) is 4.99 Å². The van der Waals surface area contributed by atoms with E-state index in [0.717, 1.165) is 25.9 Å². The molecule has 0 spiro atoms. The number of aromatic amines is 1. The second-order valence-corrected chi connectivity index (χ2v) is 7.61. The van der Waals surface area contributed by atoms with Crippen molar-refractivity contribution < 1.29 is 19.4 Å². The van der Waals surface area contributed by atoms with Gasteiger partial charge in [0, 0.05) is 23.6 Å². The molecule has 3 rings (SSSR count). The molecular weight excluding hydrogens is 348 g/mol. The van der Waals surface area contributed by atoms with E-state index in [9.17, 15) is 9.90 Å². The Kier molecular flexibility index (Phi) is 5.85. The Bertz CT molecular complexity index is 763. The van der Waals surface area contributed by atoms with E-state index in [2.05, 4.69) is 27.3 Å². The molecule has 8 heteroatoms. The average molecular weight is 374 g/mol. The number of carbonyl (C=O) groups excluding carboxylic acids is 1. The molecule has 27 heavy (non-hydrogen) atoms. The smallest absolute Gasteiger partial charge is 0.230 e. The van der Waals surface area contributed by atoms with Crippen molar-refractivity contribution in [3.8, 4) is 12.0 Å². The maximum absolute atomic E-state index is 12.1. The van der Waals surface area contributed by atoms with Crippen LogP contribution in [0.3, 0.4) is 0 Å². The molecule has 0 aliphatic carbocycles. The van der Waals surface area contributed by atoms with Gasteiger partial charge in [0.05, 0.1) is 0 Å². The summed E-state index contributed by atoms with van der Waals surface area (Å²) in [5.74, 6) is 3.72. The zero-order chi connectivity index (χ0) is 19.4. The van der Waals surface area contributed by atoms with E-state index in [-0.39, 0.29) is 18.8 Å². The summed E-state index contributed by atoms with van der Waals surface area (Å²) < 4.78 is 11.0. The van der Waals surface area contributed by atoms with E-state index < -0.39 is 11.6 Å². The number of rotatable bonds is 3. The number of nitrogens with zero attached hydrogens (tertiary/aromatic N) is 2. The number of H-pyrrole nitrogens is 1. The van der Waals surface area contributed by atoms with Crippen molar-refractivity contribution in [1.29, 1.82) is 0 Å². The predicted octanol–water partition coefficient (Wildman–Crippen LogP) is 2.47. The molecule has 0 bridgehead atoms. The fourth-order valence-electron chi connectivity index (χ4n) is 2.66. The molecule has 0 saturated carbocycles. The van der Waals surface area contributed by atoms with E-state index in [4.69, 9.17) is 9.47 Å². The molecule has 3 heterocycles. The zero-order valence-corrected chi connectivity index (χ0v) is 15.9. The predicted molar refractivity (Wildman–Crippen MR) is 101 cm³/mol. The lowest BCUT2D eigenvalue weighted by Crippen LogP contribution is -2.27. The summed E-state index contributed by atoms with van der Waals surface area (Å²) in [5, 5.41) is 13.3. The molecule has 1 aromatic heterocycles. The summed E-state index contributed by atoms with van der Waals surface area (Å²) in [4.78, 5) is 20.7. The molecule has 2 aliphatic rings. The van der Waals surface area contributed by atoms with Gasteiger partial charge < -0.3 is 24.9 Å². The zero-order valence-electron chi connectivity index (χ0n) is 15.9. The SMILES string of the molecule is CC(C)(C)C(=O)Nc1cc2c([nH]1)N=CN(C#CCOC1CCCCO1)C2O. The molecule has 1 saturated heterocycles. The number of nitrogens with one attached hydrogen (secondary N) is 2. The second-order valence-electron chi connectivity index (χ2n) is 7.61. The van der Waals surface area contributed by atoms with E-state index in [0.29, 0.717) is 17.2 Å². The Balaban J connectivity index is 1.58. The Hall–Kier alpha value is -2.34. The Labute approximate surface area is 158 Å². The van der Waals surface area contributed by atoms with Crippen molar-refractivity contribution in [3.63, 3.8) is 0 Å². The number of anilines is 1. The lowest BCUT2D eigenvalue weighted by molar-refractivity contribution is -0.154. The number of carbonyl (C=O) groups is 1. The van der Waals surface area contributed by atoms with Gasteiger partial charge in [0.2, 0.25) is 5.91 Å². The number of aliphatic hydroxyl groups is 1. The first-order valence-corrected chi connectivity index (χ1v) is 9.11. The van der Waals surface area contributed by atoms with Crippen molar-refractivity contribution in [2.24, 2.45) is 10.4 Å². The van der Waals surface area contributed by atoms with Crippen LogP contribution in [0.25, 0.3) is 0 Å². The van der Waals surface area contributed by atoms with Crippen molar-refractivity contribution in [2.45, 2.75) is 52.6 Å². The van der Waals surface area contributed by atoms with Crippen LogP contribution in [0.5, 0.6) is 0 Å². The molecule has 2 atom stereocenters. The van der Waals surface area contributed by atoms with Crippen LogP contribution in [0.15, 0.2) is 11.1 Å². The van der Waals surface area contributed by atoms with Crippen LogP contribution in [0.1, 0.15) is 51.8 Å². The third-order valence-electron chi connectivity index (χ3n) is 4.30. The molecule has 2 aliphatic heterocycles. The maximum atomic E-state index is 12.1. The fraction of sp³-hybridized carbons (Fsp3) is 0.579. The Morgan fingerprint density at radius 3 is 3.04 bits per heavy atom. The molecule has 3 N–H and O–H groups in total. The lowest BCUT2D eigenvalue weighted by atomic mass is 9.96. The standard InChI is InChI=1S/C19H26N4O4/c1-19(2,3)18(25)22-14-11-13-16(21-14)20-12-23(17(13)24)8-6-10-27-15-7-4-5-9-26-15/h11-12,15,17,21,24H,4-5,7,9-10H2,1-3H3,(H,22,25). The first kappa shape index (κ1) is 19.4. The van der Waals surface area contributed by atoms with E-state index in [1.54, 1.807) is 6.07 Å². The first-order valence-electron chi connectivity index (χ1n) is 9.11. The van der Waals surface area contributed by atoms with Crippen molar-refractivity contribution >= 4 is 23.9 Å². The number of aliphatic imine (C=N–C) groups is 1. The Morgan fingerprint density at radius 2 is 2.33 bits per heavy atom. The van der Waals surface area contributed by atoms with E-state index in [1.165, 1.54) is 11.2 Å². The molecular formula is C19H26N4O4. The quantitative estimate of drug-likeness (QED) is 0.706. The summed E-state index contributed by atoms with van der Waals surface area (Å²) in [7, 11) is 0. The molecule has 1 amide bonds. The highest BCUT2D eigenvalue weighted by Crippen LogP contribution is 2.33. The van der Waals surface area contributed by atoms with Gasteiger partial charge in [-0.15, -0.1) is 0 Å². The van der Waals surface area contributed by atoms with Gasteiger partial charge in [-0.2, -0.15) is 0 Å². The second kappa shape index (κ2) is 8.13. The van der Waals surface area contributed by atoms with Crippen LogP contribution in [0.2, 0.25) is 0 Å². The van der Waals surface area contributed by atoms with Gasteiger partial charge in [0.1, 0.15) is 24.6 Å². The summed E-state index contributed by atoms with van der Waals surface area (Å²) in [6.45, 7) is 6.43. The van der Waals surface area contributed by atoms with Crippen LogP contribution in [0.4, 0.5) is 11.6 Å². The van der Waals surface area contributed by atoms with E-state index in [1.807, 2.05) is 20.8 Å². The highest BCUT2D eigenvalue weighted by atomic mass is 16.7. The minimum Gasteiger partial charge on any atom is -0.368 e. The summed E-state index contributed by atoms with van der Waals surface area (Å²) >= 11 is 0. The summed E-state index contributed by atoms with van der Waals surface area (Å²) in [6, 6.07) is 4.50. The normalized spacial score (nSPS) is 22.0. The van der Waals surface area contributed by atoms with E-state index >= 15 is 0 Å². The molecule has 146 valence electrons. The molecule has 2 unspecified atom stereocenters. The number of amides is 1. The van der Waals surface area contributed by atoms with Gasteiger partial charge in [-0.1, -0.05) is 26.7 Å². The average Bonchev–Trinajstić information content (AvgIpc) is 3.04. The summed E-state index contributed by atoms with van der Waals surface area (Å²) in [5.41, 5.74) is 0.0279. The fourth-order valence-corrected chi connectivity index (χ4v) is 2.66. The number of hydrogen-bond acceptors (Lipinski definition) is 6. The lowest BCUT2D eigenvalue weighted by Gasteiger charge is -2.23. The Morgan fingerprint density at radius 1 is 1.52 bits per heavy atom. The number of aliphatic hydroxyl groups excluding tert-OH is 1. The topological polar surface area (TPSA) is 99.2 Å². The molecule has 0 radical (unpaired) electrons. The highest BCUT2D eigenvalue weighted by molar-refractivity contribution is 5.94. The van der Waals surface area contributed by atoms with Crippen molar-refractivity contribution in [2.75, 3.05) is 18.5 Å². The first-order chi connectivity index (χ1) is 12.8. The van der Waals surface area contributed by atoms with Gasteiger partial charge in [-0.05, 0) is 25.3 Å². The molecule has 1 fully saturated rings. The number of fused-ring (bicyclic) bond motifs is 1. The number of ether oxygens (including phenoxy) is 2.